The maximum atomic E-state index is 12.7. The minimum Gasteiger partial charge on any atom is -0.387 e. The Hall–Kier alpha value is -2.20. The molecule has 2 rings (SSSR count). The molecule has 4 heteroatoms. The predicted molar refractivity (Wildman–Crippen MR) is 74.9 cm³/mol. The van der Waals surface area contributed by atoms with E-state index in [4.69, 9.17) is 0 Å². The lowest BCUT2D eigenvalue weighted by Crippen LogP contribution is -2.28. The summed E-state index contributed by atoms with van der Waals surface area (Å²) in [5, 5.41) is 12.6. The number of aliphatic hydroxyl groups is 1. The summed E-state index contributed by atoms with van der Waals surface area (Å²) in [6.45, 7) is 2.08. The molecule has 0 spiro atoms. The van der Waals surface area contributed by atoms with Crippen LogP contribution < -0.4 is 5.32 Å². The molecule has 2 N–H and O–H groups in total. The minimum absolute atomic E-state index is 0.110. The van der Waals surface area contributed by atoms with Crippen molar-refractivity contribution >= 4 is 5.91 Å². The van der Waals surface area contributed by atoms with E-state index in [1.54, 1.807) is 0 Å². The molecule has 2 aromatic rings. The summed E-state index contributed by atoms with van der Waals surface area (Å²) in [7, 11) is 0. The van der Waals surface area contributed by atoms with Gasteiger partial charge in [0.15, 0.2) is 0 Å². The van der Waals surface area contributed by atoms with Crippen LogP contribution in [0.2, 0.25) is 0 Å². The summed E-state index contributed by atoms with van der Waals surface area (Å²) in [5.74, 6) is -0.725. The Balaban J connectivity index is 1.92. The first-order valence-electron chi connectivity index (χ1n) is 6.34. The number of aryl methyl sites for hydroxylation is 1. The molecule has 104 valence electrons. The highest BCUT2D eigenvalue weighted by Gasteiger charge is 2.10. The molecule has 0 radical (unpaired) electrons. The summed E-state index contributed by atoms with van der Waals surface area (Å²) in [6, 6.07) is 12.7. The standard InChI is InChI=1S/C16H16FNO2/c1-11-2-4-12(5-3-11)15(19)10-18-16(20)13-6-8-14(17)9-7-13/h2-9,15,19H,10H2,1H3,(H,18,20)/t15-/m0/s1. The van der Waals surface area contributed by atoms with Gasteiger partial charge >= 0.3 is 0 Å². The Morgan fingerprint density at radius 2 is 1.75 bits per heavy atom. The van der Waals surface area contributed by atoms with Crippen LogP contribution >= 0.6 is 0 Å². The molecule has 0 unspecified atom stereocenters. The van der Waals surface area contributed by atoms with Crippen molar-refractivity contribution in [1.82, 2.24) is 5.32 Å². The molecule has 0 aliphatic rings. The predicted octanol–water partition coefficient (Wildman–Crippen LogP) is 2.60. The summed E-state index contributed by atoms with van der Waals surface area (Å²) in [5.41, 5.74) is 2.22. The van der Waals surface area contributed by atoms with Crippen LogP contribution in [0.25, 0.3) is 0 Å². The van der Waals surface area contributed by atoms with Crippen LogP contribution in [-0.2, 0) is 0 Å². The summed E-state index contributed by atoms with van der Waals surface area (Å²) in [6.07, 6.45) is -0.764. The number of halogens is 1. The highest BCUT2D eigenvalue weighted by Crippen LogP contribution is 2.13. The van der Waals surface area contributed by atoms with E-state index in [-0.39, 0.29) is 18.3 Å². The molecule has 1 atom stereocenters. The van der Waals surface area contributed by atoms with Crippen molar-refractivity contribution in [1.29, 1.82) is 0 Å². The van der Waals surface area contributed by atoms with Gasteiger partial charge in [-0.3, -0.25) is 4.79 Å². The van der Waals surface area contributed by atoms with Crippen LogP contribution in [0.1, 0.15) is 27.6 Å². The van der Waals surface area contributed by atoms with E-state index in [0.29, 0.717) is 5.56 Å². The normalized spacial score (nSPS) is 11.9. The van der Waals surface area contributed by atoms with Crippen LogP contribution in [0.5, 0.6) is 0 Å². The van der Waals surface area contributed by atoms with Crippen molar-refractivity contribution in [3.8, 4) is 0 Å². The minimum atomic E-state index is -0.764. The third-order valence-corrected chi connectivity index (χ3v) is 3.02. The lowest BCUT2D eigenvalue weighted by Gasteiger charge is -2.12. The van der Waals surface area contributed by atoms with Gasteiger partial charge in [-0.15, -0.1) is 0 Å². The van der Waals surface area contributed by atoms with Crippen molar-refractivity contribution in [3.63, 3.8) is 0 Å². The molecular weight excluding hydrogens is 257 g/mol. The maximum Gasteiger partial charge on any atom is 0.251 e. The monoisotopic (exact) mass is 273 g/mol. The van der Waals surface area contributed by atoms with Crippen LogP contribution in [0.15, 0.2) is 48.5 Å². The molecule has 20 heavy (non-hydrogen) atoms. The average molecular weight is 273 g/mol. The highest BCUT2D eigenvalue weighted by atomic mass is 19.1. The van der Waals surface area contributed by atoms with Gasteiger partial charge in [-0.2, -0.15) is 0 Å². The fourth-order valence-electron chi connectivity index (χ4n) is 1.80. The Morgan fingerprint density at radius 1 is 1.15 bits per heavy atom. The Labute approximate surface area is 117 Å². The van der Waals surface area contributed by atoms with E-state index in [1.165, 1.54) is 24.3 Å². The first-order chi connectivity index (χ1) is 9.56. The lowest BCUT2D eigenvalue weighted by atomic mass is 10.1. The molecule has 0 saturated heterocycles. The number of hydrogen-bond donors (Lipinski definition) is 2. The first kappa shape index (κ1) is 14.2. The molecule has 3 nitrogen and oxygen atoms in total. The largest absolute Gasteiger partial charge is 0.387 e. The maximum absolute atomic E-state index is 12.7. The zero-order chi connectivity index (χ0) is 14.5. The second kappa shape index (κ2) is 6.30. The second-order valence-corrected chi connectivity index (χ2v) is 4.64. The number of rotatable bonds is 4. The first-order valence-corrected chi connectivity index (χ1v) is 6.34. The zero-order valence-corrected chi connectivity index (χ0v) is 11.1. The van der Waals surface area contributed by atoms with Crippen LogP contribution in [0.3, 0.4) is 0 Å². The Morgan fingerprint density at radius 3 is 2.35 bits per heavy atom. The van der Waals surface area contributed by atoms with E-state index >= 15 is 0 Å². The second-order valence-electron chi connectivity index (χ2n) is 4.64. The number of carbonyl (C=O) groups excluding carboxylic acids is 1. The molecule has 1 amide bonds. The van der Waals surface area contributed by atoms with E-state index in [1.807, 2.05) is 31.2 Å². The van der Waals surface area contributed by atoms with E-state index in [0.717, 1.165) is 11.1 Å². The number of nitrogens with one attached hydrogen (secondary N) is 1. The summed E-state index contributed by atoms with van der Waals surface area (Å²) < 4.78 is 12.7. The van der Waals surface area contributed by atoms with Gasteiger partial charge in [-0.05, 0) is 36.8 Å². The van der Waals surface area contributed by atoms with Gasteiger partial charge in [0.25, 0.3) is 5.91 Å². The Kier molecular flexibility index (Phi) is 4.48. The molecule has 0 aliphatic heterocycles. The highest BCUT2D eigenvalue weighted by molar-refractivity contribution is 5.94. The van der Waals surface area contributed by atoms with Gasteiger partial charge < -0.3 is 10.4 Å². The van der Waals surface area contributed by atoms with Gasteiger partial charge in [0.2, 0.25) is 0 Å². The topological polar surface area (TPSA) is 49.3 Å². The third-order valence-electron chi connectivity index (χ3n) is 3.02. The van der Waals surface area contributed by atoms with Crippen molar-refractivity contribution in [3.05, 3.63) is 71.0 Å². The van der Waals surface area contributed by atoms with Crippen LogP contribution in [0, 0.1) is 12.7 Å². The molecular formula is C16H16FNO2. The number of hydrogen-bond acceptors (Lipinski definition) is 2. The van der Waals surface area contributed by atoms with Crippen molar-refractivity contribution in [2.75, 3.05) is 6.54 Å². The van der Waals surface area contributed by atoms with Gasteiger partial charge in [0.1, 0.15) is 5.82 Å². The zero-order valence-electron chi connectivity index (χ0n) is 11.1. The summed E-state index contributed by atoms with van der Waals surface area (Å²) in [4.78, 5) is 11.8. The number of benzene rings is 2. The molecule has 0 fully saturated rings. The molecule has 0 bridgehead atoms. The van der Waals surface area contributed by atoms with Gasteiger partial charge in [-0.25, -0.2) is 4.39 Å². The molecule has 0 aliphatic carbocycles. The van der Waals surface area contributed by atoms with Gasteiger partial charge in [0.05, 0.1) is 6.10 Å². The average Bonchev–Trinajstić information content (AvgIpc) is 2.46. The van der Waals surface area contributed by atoms with Gasteiger partial charge in [0, 0.05) is 12.1 Å². The molecule has 0 aromatic heterocycles. The fraction of sp³-hybridized carbons (Fsp3) is 0.188. The van der Waals surface area contributed by atoms with E-state index in [9.17, 15) is 14.3 Å². The number of carbonyl (C=O) groups is 1. The molecule has 2 aromatic carbocycles. The van der Waals surface area contributed by atoms with E-state index in [2.05, 4.69) is 5.32 Å². The molecule has 0 saturated carbocycles. The third kappa shape index (κ3) is 3.65. The number of amides is 1. The van der Waals surface area contributed by atoms with Crippen molar-refractivity contribution < 1.29 is 14.3 Å². The quantitative estimate of drug-likeness (QED) is 0.899. The Bertz CT molecular complexity index is 578. The van der Waals surface area contributed by atoms with Crippen LogP contribution in [0.4, 0.5) is 4.39 Å². The number of aliphatic hydroxyl groups excluding tert-OH is 1. The molecule has 0 heterocycles. The lowest BCUT2D eigenvalue weighted by molar-refractivity contribution is 0.0916. The fourth-order valence-corrected chi connectivity index (χ4v) is 1.80. The van der Waals surface area contributed by atoms with E-state index < -0.39 is 6.10 Å². The SMILES string of the molecule is Cc1ccc([C@@H](O)CNC(=O)c2ccc(F)cc2)cc1. The van der Waals surface area contributed by atoms with Gasteiger partial charge in [-0.1, -0.05) is 29.8 Å². The summed E-state index contributed by atoms with van der Waals surface area (Å²) >= 11 is 0. The van der Waals surface area contributed by atoms with Crippen LogP contribution in [-0.4, -0.2) is 17.6 Å². The van der Waals surface area contributed by atoms with Crippen molar-refractivity contribution in [2.45, 2.75) is 13.0 Å². The van der Waals surface area contributed by atoms with Crippen molar-refractivity contribution in [2.24, 2.45) is 0 Å². The smallest absolute Gasteiger partial charge is 0.251 e.